The highest BCUT2D eigenvalue weighted by Crippen LogP contribution is 2.32. The van der Waals surface area contributed by atoms with E-state index in [4.69, 9.17) is 14.2 Å². The minimum atomic E-state index is -3.84. The summed E-state index contributed by atoms with van der Waals surface area (Å²) in [7, 11) is -2.42. The van der Waals surface area contributed by atoms with Gasteiger partial charge in [-0.1, -0.05) is 25.8 Å². The van der Waals surface area contributed by atoms with Crippen LogP contribution in [0.2, 0.25) is 0 Å². The summed E-state index contributed by atoms with van der Waals surface area (Å²) in [5.74, 6) is 1.54. The molecule has 1 saturated carbocycles. The van der Waals surface area contributed by atoms with Crippen LogP contribution in [0.25, 0.3) is 0 Å². The molecule has 1 aliphatic heterocycles. The quantitative estimate of drug-likeness (QED) is 0.609. The number of methoxy groups -OCH3 is 1. The standard InChI is InChI=1S/C24H30N2O6S/c1-16-5-3-4-6-19(16)26-33(28,29)23-14-18(8-10-21(23)30-2)24(27)25-12-11-17-7-9-20-22(13-17)32-15-31-20/h7-10,13-14,16,19,26H,3-6,11-12,15H2,1-2H3,(H,25,27)/t16-,19-/m1/s1. The first-order valence-corrected chi connectivity index (χ1v) is 12.7. The Balaban J connectivity index is 1.43. The Bertz CT molecular complexity index is 1120. The second-order valence-electron chi connectivity index (χ2n) is 8.55. The van der Waals surface area contributed by atoms with Gasteiger partial charge in [0.05, 0.1) is 7.11 Å². The number of amides is 1. The molecule has 0 aromatic heterocycles. The van der Waals surface area contributed by atoms with Crippen molar-refractivity contribution in [3.8, 4) is 17.2 Å². The molecule has 0 radical (unpaired) electrons. The Labute approximate surface area is 194 Å². The van der Waals surface area contributed by atoms with Gasteiger partial charge in [-0.2, -0.15) is 0 Å². The van der Waals surface area contributed by atoms with Gasteiger partial charge in [0.2, 0.25) is 16.8 Å². The summed E-state index contributed by atoms with van der Waals surface area (Å²) in [5.41, 5.74) is 1.27. The molecule has 1 fully saturated rings. The Morgan fingerprint density at radius 1 is 1.09 bits per heavy atom. The van der Waals surface area contributed by atoms with Crippen LogP contribution in [0.1, 0.15) is 48.5 Å². The molecule has 178 valence electrons. The lowest BCUT2D eigenvalue weighted by Gasteiger charge is -2.29. The molecular weight excluding hydrogens is 444 g/mol. The van der Waals surface area contributed by atoms with Crippen LogP contribution < -0.4 is 24.2 Å². The zero-order valence-electron chi connectivity index (χ0n) is 18.9. The topological polar surface area (TPSA) is 103 Å². The Morgan fingerprint density at radius 2 is 1.88 bits per heavy atom. The van der Waals surface area contributed by atoms with Gasteiger partial charge in [0.15, 0.2) is 11.5 Å². The molecule has 1 heterocycles. The summed E-state index contributed by atoms with van der Waals surface area (Å²) >= 11 is 0. The van der Waals surface area contributed by atoms with Crippen LogP contribution in [-0.2, 0) is 16.4 Å². The maximum absolute atomic E-state index is 13.1. The largest absolute Gasteiger partial charge is 0.495 e. The summed E-state index contributed by atoms with van der Waals surface area (Å²) in [6.45, 7) is 2.67. The van der Waals surface area contributed by atoms with Gasteiger partial charge < -0.3 is 19.5 Å². The Morgan fingerprint density at radius 3 is 2.67 bits per heavy atom. The van der Waals surface area contributed by atoms with Crippen LogP contribution in [0.4, 0.5) is 0 Å². The first-order chi connectivity index (χ1) is 15.9. The molecule has 0 spiro atoms. The summed E-state index contributed by atoms with van der Waals surface area (Å²) in [6.07, 6.45) is 4.52. The molecule has 2 aromatic carbocycles. The van der Waals surface area contributed by atoms with Crippen molar-refractivity contribution in [1.29, 1.82) is 0 Å². The third-order valence-electron chi connectivity index (χ3n) is 6.27. The molecule has 9 heteroatoms. The molecule has 0 bridgehead atoms. The summed E-state index contributed by atoms with van der Waals surface area (Å²) in [6, 6.07) is 10.0. The SMILES string of the molecule is COc1ccc(C(=O)NCCc2ccc3c(c2)OCO3)cc1S(=O)(=O)N[C@@H]1CCCC[C@H]1C. The number of ether oxygens (including phenoxy) is 3. The van der Waals surface area contributed by atoms with Gasteiger partial charge in [0.1, 0.15) is 10.6 Å². The Kier molecular flexibility index (Phi) is 7.09. The smallest absolute Gasteiger partial charge is 0.251 e. The molecule has 8 nitrogen and oxygen atoms in total. The minimum Gasteiger partial charge on any atom is -0.495 e. The van der Waals surface area contributed by atoms with Crippen LogP contribution in [-0.4, -0.2) is 40.8 Å². The van der Waals surface area contributed by atoms with Crippen molar-refractivity contribution in [1.82, 2.24) is 10.0 Å². The van der Waals surface area contributed by atoms with Gasteiger partial charge in [-0.05, 0) is 61.1 Å². The highest BCUT2D eigenvalue weighted by Gasteiger charge is 2.29. The van der Waals surface area contributed by atoms with Crippen LogP contribution in [0.5, 0.6) is 17.2 Å². The number of nitrogens with one attached hydrogen (secondary N) is 2. The highest BCUT2D eigenvalue weighted by atomic mass is 32.2. The van der Waals surface area contributed by atoms with Crippen molar-refractivity contribution >= 4 is 15.9 Å². The third kappa shape index (κ3) is 5.42. The first kappa shape index (κ1) is 23.4. The predicted molar refractivity (Wildman–Crippen MR) is 123 cm³/mol. The number of carbonyl (C=O) groups excluding carboxylic acids is 1. The van der Waals surface area contributed by atoms with Crippen LogP contribution in [0.15, 0.2) is 41.3 Å². The molecule has 0 saturated heterocycles. The normalized spacial score (nSPS) is 19.8. The number of fused-ring (bicyclic) bond motifs is 1. The highest BCUT2D eigenvalue weighted by molar-refractivity contribution is 7.89. The monoisotopic (exact) mass is 474 g/mol. The van der Waals surface area contributed by atoms with Gasteiger partial charge in [-0.3, -0.25) is 4.79 Å². The summed E-state index contributed by atoms with van der Waals surface area (Å²) < 4.78 is 45.1. The van der Waals surface area contributed by atoms with E-state index in [2.05, 4.69) is 17.0 Å². The van der Waals surface area contributed by atoms with E-state index in [1.165, 1.54) is 19.2 Å². The van der Waals surface area contributed by atoms with Crippen LogP contribution in [0, 0.1) is 5.92 Å². The fourth-order valence-electron chi connectivity index (χ4n) is 4.30. The number of rotatable bonds is 8. The maximum Gasteiger partial charge on any atom is 0.251 e. The molecule has 2 N–H and O–H groups in total. The third-order valence-corrected chi connectivity index (χ3v) is 7.78. The summed E-state index contributed by atoms with van der Waals surface area (Å²) in [4.78, 5) is 12.7. The second-order valence-corrected chi connectivity index (χ2v) is 10.2. The number of hydrogen-bond donors (Lipinski definition) is 2. The molecule has 4 rings (SSSR count). The van der Waals surface area contributed by atoms with Crippen LogP contribution in [0.3, 0.4) is 0 Å². The van der Waals surface area contributed by atoms with Crippen molar-refractivity contribution < 1.29 is 27.4 Å². The van der Waals surface area contributed by atoms with Gasteiger partial charge in [0, 0.05) is 18.2 Å². The zero-order chi connectivity index (χ0) is 23.4. The number of carbonyl (C=O) groups is 1. The average molecular weight is 475 g/mol. The fraction of sp³-hybridized carbons (Fsp3) is 0.458. The van der Waals surface area contributed by atoms with Crippen molar-refractivity contribution in [3.05, 3.63) is 47.5 Å². The number of hydrogen-bond acceptors (Lipinski definition) is 6. The van der Waals surface area contributed by atoms with Gasteiger partial charge >= 0.3 is 0 Å². The lowest BCUT2D eigenvalue weighted by atomic mass is 9.87. The molecule has 2 aliphatic rings. The van der Waals surface area contributed by atoms with Gasteiger partial charge in [-0.15, -0.1) is 0 Å². The zero-order valence-corrected chi connectivity index (χ0v) is 19.7. The molecule has 2 atom stereocenters. The molecule has 1 aliphatic carbocycles. The van der Waals surface area contributed by atoms with Crippen molar-refractivity contribution in [2.75, 3.05) is 20.4 Å². The minimum absolute atomic E-state index is 0.0220. The molecule has 2 aromatic rings. The number of benzene rings is 2. The van der Waals surface area contributed by atoms with E-state index in [0.717, 1.165) is 31.2 Å². The van der Waals surface area contributed by atoms with Gasteiger partial charge in [0.25, 0.3) is 5.91 Å². The maximum atomic E-state index is 13.1. The van der Waals surface area contributed by atoms with Crippen LogP contribution >= 0.6 is 0 Å². The average Bonchev–Trinajstić information content (AvgIpc) is 3.28. The van der Waals surface area contributed by atoms with E-state index in [-0.39, 0.29) is 40.9 Å². The molecule has 33 heavy (non-hydrogen) atoms. The number of sulfonamides is 1. The molecule has 1 amide bonds. The Hall–Kier alpha value is -2.78. The fourth-order valence-corrected chi connectivity index (χ4v) is 5.87. The van der Waals surface area contributed by atoms with Crippen molar-refractivity contribution in [2.45, 2.75) is 50.0 Å². The lowest BCUT2D eigenvalue weighted by molar-refractivity contribution is 0.0954. The van der Waals surface area contributed by atoms with Gasteiger partial charge in [-0.25, -0.2) is 13.1 Å². The van der Waals surface area contributed by atoms with Crippen molar-refractivity contribution in [3.63, 3.8) is 0 Å². The first-order valence-electron chi connectivity index (χ1n) is 11.2. The summed E-state index contributed by atoms with van der Waals surface area (Å²) in [5, 5.41) is 2.85. The van der Waals surface area contributed by atoms with E-state index in [9.17, 15) is 13.2 Å². The van der Waals surface area contributed by atoms with Crippen molar-refractivity contribution in [2.24, 2.45) is 5.92 Å². The molecular formula is C24H30N2O6S. The van der Waals surface area contributed by atoms with E-state index in [1.807, 2.05) is 18.2 Å². The van der Waals surface area contributed by atoms with E-state index in [1.54, 1.807) is 6.07 Å². The lowest BCUT2D eigenvalue weighted by Crippen LogP contribution is -2.41. The van der Waals surface area contributed by atoms with E-state index < -0.39 is 10.0 Å². The predicted octanol–water partition coefficient (Wildman–Crippen LogP) is 3.25. The van der Waals surface area contributed by atoms with E-state index in [0.29, 0.717) is 24.5 Å². The van der Waals surface area contributed by atoms with E-state index >= 15 is 0 Å². The molecule has 0 unspecified atom stereocenters. The second kappa shape index (κ2) is 10.0.